The van der Waals surface area contributed by atoms with Crippen molar-refractivity contribution in [3.8, 4) is 0 Å². The van der Waals surface area contributed by atoms with Gasteiger partial charge in [-0.05, 0) is 56.2 Å². The van der Waals surface area contributed by atoms with Gasteiger partial charge in [0.1, 0.15) is 0 Å². The molecule has 1 heterocycles. The van der Waals surface area contributed by atoms with E-state index < -0.39 is 10.0 Å². The van der Waals surface area contributed by atoms with Crippen LogP contribution >= 0.6 is 0 Å². The molecule has 2 aromatic carbocycles. The van der Waals surface area contributed by atoms with Crippen molar-refractivity contribution in [2.75, 3.05) is 19.6 Å². The first-order valence-corrected chi connectivity index (χ1v) is 12.0. The molecule has 3 rings (SSSR count). The number of hydrogen-bond donors (Lipinski definition) is 1. The van der Waals surface area contributed by atoms with Crippen molar-refractivity contribution in [2.45, 2.75) is 51.3 Å². The highest BCUT2D eigenvalue weighted by molar-refractivity contribution is 7.89. The minimum absolute atomic E-state index is 0.0255. The highest BCUT2D eigenvalue weighted by atomic mass is 32.2. The summed E-state index contributed by atoms with van der Waals surface area (Å²) in [5.41, 5.74) is 3.82. The third kappa shape index (κ3) is 4.93. The van der Waals surface area contributed by atoms with Crippen LogP contribution < -0.4 is 5.32 Å². The molecule has 0 saturated carbocycles. The average Bonchev–Trinajstić information content (AvgIpc) is 2.71. The second-order valence-corrected chi connectivity index (χ2v) is 10.3. The Morgan fingerprint density at radius 1 is 1.07 bits per heavy atom. The average molecular weight is 429 g/mol. The van der Waals surface area contributed by atoms with Gasteiger partial charge < -0.3 is 5.32 Å². The summed E-state index contributed by atoms with van der Waals surface area (Å²) in [4.78, 5) is 13.0. The zero-order chi connectivity index (χ0) is 21.9. The normalized spacial score (nSPS) is 16.9. The predicted octanol–water partition coefficient (Wildman–Crippen LogP) is 3.93. The predicted molar refractivity (Wildman–Crippen MR) is 120 cm³/mol. The van der Waals surface area contributed by atoms with Crippen LogP contribution in [0.2, 0.25) is 0 Å². The molecule has 0 aliphatic carbocycles. The van der Waals surface area contributed by atoms with Gasteiger partial charge in [0.25, 0.3) is 0 Å². The number of sulfonamides is 1. The number of carbonyl (C=O) groups excluding carboxylic acids is 1. The lowest BCUT2D eigenvalue weighted by Crippen LogP contribution is -2.43. The summed E-state index contributed by atoms with van der Waals surface area (Å²) in [5, 5.41) is 3.05. The molecule has 162 valence electrons. The molecule has 1 aliphatic rings. The molecule has 0 aromatic heterocycles. The monoisotopic (exact) mass is 428 g/mol. The van der Waals surface area contributed by atoms with Crippen molar-refractivity contribution in [1.29, 1.82) is 0 Å². The van der Waals surface area contributed by atoms with E-state index in [1.807, 2.05) is 51.1 Å². The first-order valence-electron chi connectivity index (χ1n) is 10.6. The Morgan fingerprint density at radius 2 is 1.63 bits per heavy atom. The van der Waals surface area contributed by atoms with Crippen LogP contribution in [0.3, 0.4) is 0 Å². The van der Waals surface area contributed by atoms with Gasteiger partial charge >= 0.3 is 0 Å². The number of carbonyl (C=O) groups is 1. The van der Waals surface area contributed by atoms with E-state index in [9.17, 15) is 13.2 Å². The molecule has 1 unspecified atom stereocenters. The maximum absolute atomic E-state index is 13.2. The van der Waals surface area contributed by atoms with Crippen LogP contribution in [0.15, 0.2) is 47.4 Å². The molecule has 1 fully saturated rings. The Hall–Kier alpha value is -2.18. The van der Waals surface area contributed by atoms with Gasteiger partial charge in [0.15, 0.2) is 0 Å². The molecule has 1 N–H and O–H groups in total. The Morgan fingerprint density at radius 3 is 2.20 bits per heavy atom. The minimum atomic E-state index is -3.55. The Kier molecular flexibility index (Phi) is 6.98. The molecule has 0 radical (unpaired) electrons. The summed E-state index contributed by atoms with van der Waals surface area (Å²) in [6.45, 7) is 9.10. The van der Waals surface area contributed by atoms with Gasteiger partial charge in [-0.1, -0.05) is 55.0 Å². The fourth-order valence-electron chi connectivity index (χ4n) is 4.36. The van der Waals surface area contributed by atoms with Crippen molar-refractivity contribution in [3.05, 3.63) is 64.7 Å². The summed E-state index contributed by atoms with van der Waals surface area (Å²) in [6.07, 6.45) is 1.10. The fourth-order valence-corrected chi connectivity index (χ4v) is 6.24. The van der Waals surface area contributed by atoms with Gasteiger partial charge in [-0.3, -0.25) is 4.79 Å². The van der Waals surface area contributed by atoms with Crippen molar-refractivity contribution in [3.63, 3.8) is 0 Å². The molecule has 0 spiro atoms. The van der Waals surface area contributed by atoms with E-state index in [0.29, 0.717) is 37.4 Å². The molecule has 2 aromatic rings. The number of hydrogen-bond acceptors (Lipinski definition) is 3. The van der Waals surface area contributed by atoms with E-state index in [1.54, 1.807) is 0 Å². The smallest absolute Gasteiger partial charge is 0.243 e. The topological polar surface area (TPSA) is 66.5 Å². The van der Waals surface area contributed by atoms with E-state index in [-0.39, 0.29) is 17.7 Å². The van der Waals surface area contributed by atoms with Gasteiger partial charge in [-0.2, -0.15) is 4.31 Å². The van der Waals surface area contributed by atoms with Gasteiger partial charge in [-0.15, -0.1) is 0 Å². The molecule has 1 amide bonds. The number of benzene rings is 2. The summed E-state index contributed by atoms with van der Waals surface area (Å²) in [6, 6.07) is 13.9. The van der Waals surface area contributed by atoms with Crippen molar-refractivity contribution < 1.29 is 13.2 Å². The summed E-state index contributed by atoms with van der Waals surface area (Å²) in [7, 11) is -3.55. The number of aryl methyl sites for hydroxylation is 3. The lowest BCUT2D eigenvalue weighted by Gasteiger charge is -2.31. The van der Waals surface area contributed by atoms with Crippen molar-refractivity contribution in [1.82, 2.24) is 9.62 Å². The van der Waals surface area contributed by atoms with E-state index in [2.05, 4.69) is 24.4 Å². The molecule has 30 heavy (non-hydrogen) atoms. The fraction of sp³-hybridized carbons (Fsp3) is 0.458. The highest BCUT2D eigenvalue weighted by Gasteiger charge is 2.33. The van der Waals surface area contributed by atoms with Crippen LogP contribution in [0.25, 0.3) is 0 Å². The number of amides is 1. The SMILES string of the molecule is Cc1cc(C)c(S(=O)(=O)N2CCC(C(=O)NCC(C)c3ccccc3)CC2)c(C)c1. The highest BCUT2D eigenvalue weighted by Crippen LogP contribution is 2.29. The van der Waals surface area contributed by atoms with E-state index >= 15 is 0 Å². The third-order valence-corrected chi connectivity index (χ3v) is 8.18. The Bertz CT molecular complexity index is 971. The molecule has 6 heteroatoms. The van der Waals surface area contributed by atoms with Crippen LogP contribution in [-0.2, 0) is 14.8 Å². The molecular formula is C24H32N2O3S. The third-order valence-electron chi connectivity index (χ3n) is 5.98. The first kappa shape index (κ1) is 22.5. The lowest BCUT2D eigenvalue weighted by atomic mass is 9.96. The zero-order valence-electron chi connectivity index (χ0n) is 18.3. The number of rotatable bonds is 6. The molecule has 0 bridgehead atoms. The molecular weight excluding hydrogens is 396 g/mol. The summed E-state index contributed by atoms with van der Waals surface area (Å²) in [5.74, 6) is 0.125. The largest absolute Gasteiger partial charge is 0.355 e. The van der Waals surface area contributed by atoms with Crippen LogP contribution in [0, 0.1) is 26.7 Å². The Balaban J connectivity index is 1.58. The molecule has 1 atom stereocenters. The Labute approximate surface area is 180 Å². The van der Waals surface area contributed by atoms with Gasteiger partial charge in [-0.25, -0.2) is 8.42 Å². The molecule has 1 saturated heterocycles. The van der Waals surface area contributed by atoms with Crippen LogP contribution in [0.4, 0.5) is 0 Å². The zero-order valence-corrected chi connectivity index (χ0v) is 19.1. The molecule has 1 aliphatic heterocycles. The summed E-state index contributed by atoms with van der Waals surface area (Å²) >= 11 is 0. The second-order valence-electron chi connectivity index (χ2n) is 8.46. The number of nitrogens with one attached hydrogen (secondary N) is 1. The van der Waals surface area contributed by atoms with Gasteiger partial charge in [0.2, 0.25) is 15.9 Å². The van der Waals surface area contributed by atoms with Gasteiger partial charge in [0.05, 0.1) is 4.90 Å². The van der Waals surface area contributed by atoms with Gasteiger partial charge in [0, 0.05) is 25.6 Å². The second kappa shape index (κ2) is 9.31. The van der Waals surface area contributed by atoms with E-state index in [0.717, 1.165) is 16.7 Å². The van der Waals surface area contributed by atoms with Crippen molar-refractivity contribution >= 4 is 15.9 Å². The quantitative estimate of drug-likeness (QED) is 0.758. The van der Waals surface area contributed by atoms with Crippen LogP contribution in [-0.4, -0.2) is 38.3 Å². The van der Waals surface area contributed by atoms with Crippen LogP contribution in [0.5, 0.6) is 0 Å². The van der Waals surface area contributed by atoms with E-state index in [4.69, 9.17) is 0 Å². The lowest BCUT2D eigenvalue weighted by molar-refractivity contribution is -0.126. The number of piperidine rings is 1. The van der Waals surface area contributed by atoms with Crippen molar-refractivity contribution in [2.24, 2.45) is 5.92 Å². The van der Waals surface area contributed by atoms with E-state index in [1.165, 1.54) is 9.87 Å². The standard InChI is InChI=1S/C24H32N2O3S/c1-17-14-18(2)23(19(3)15-17)30(28,29)26-12-10-22(11-13-26)24(27)25-16-20(4)21-8-6-5-7-9-21/h5-9,14-15,20,22H,10-13,16H2,1-4H3,(H,25,27). The van der Waals surface area contributed by atoms with Crippen LogP contribution in [0.1, 0.15) is 47.9 Å². The maximum atomic E-state index is 13.2. The summed E-state index contributed by atoms with van der Waals surface area (Å²) < 4.78 is 28.0. The minimum Gasteiger partial charge on any atom is -0.355 e. The maximum Gasteiger partial charge on any atom is 0.243 e. The first-order chi connectivity index (χ1) is 14.2. The number of nitrogens with zero attached hydrogens (tertiary/aromatic N) is 1. The molecule has 5 nitrogen and oxygen atoms in total.